The van der Waals surface area contributed by atoms with Crippen LogP contribution in [-0.2, 0) is 11.2 Å². The highest BCUT2D eigenvalue weighted by Crippen LogP contribution is 2.20. The third kappa shape index (κ3) is 2.94. The number of aryl methyl sites for hydroxylation is 2. The van der Waals surface area contributed by atoms with E-state index < -0.39 is 0 Å². The molecule has 0 aliphatic carbocycles. The molecule has 1 aromatic heterocycles. The van der Waals surface area contributed by atoms with Crippen LogP contribution in [0.25, 0.3) is 0 Å². The molecule has 2 heterocycles. The maximum Gasteiger partial charge on any atom is 0.135 e. The summed E-state index contributed by atoms with van der Waals surface area (Å²) in [5.74, 6) is 1.88. The zero-order valence-electron chi connectivity index (χ0n) is 10.9. The number of hydrogen-bond acceptors (Lipinski definition) is 4. The Bertz CT molecular complexity index is 375. The summed E-state index contributed by atoms with van der Waals surface area (Å²) in [6.07, 6.45) is 5.60. The van der Waals surface area contributed by atoms with Gasteiger partial charge in [0.25, 0.3) is 0 Å². The number of rotatable bonds is 4. The summed E-state index contributed by atoms with van der Waals surface area (Å²) in [6, 6.07) is 0. The second-order valence-corrected chi connectivity index (χ2v) is 4.64. The van der Waals surface area contributed by atoms with E-state index in [0.717, 1.165) is 37.6 Å². The minimum Gasteiger partial charge on any atom is -0.376 e. The van der Waals surface area contributed by atoms with Crippen LogP contribution in [0.3, 0.4) is 0 Å². The van der Waals surface area contributed by atoms with E-state index in [9.17, 15) is 0 Å². The number of likely N-dealkylation sites (N-methyl/N-ethyl adjacent to an activating group) is 1. The van der Waals surface area contributed by atoms with Crippen LogP contribution in [0.5, 0.6) is 0 Å². The first-order valence-corrected chi connectivity index (χ1v) is 6.36. The summed E-state index contributed by atoms with van der Waals surface area (Å²) in [7, 11) is 2.09. The lowest BCUT2D eigenvalue weighted by Crippen LogP contribution is -2.30. The molecule has 1 fully saturated rings. The first kappa shape index (κ1) is 12.3. The van der Waals surface area contributed by atoms with Crippen LogP contribution in [0, 0.1) is 6.92 Å². The van der Waals surface area contributed by atoms with Crippen LogP contribution in [0.2, 0.25) is 0 Å². The lowest BCUT2D eigenvalue weighted by atomic mass is 10.2. The molecule has 17 heavy (non-hydrogen) atoms. The summed E-state index contributed by atoms with van der Waals surface area (Å²) in [4.78, 5) is 11.0. The lowest BCUT2D eigenvalue weighted by molar-refractivity contribution is 0.116. The molecule has 0 N–H and O–H groups in total. The van der Waals surface area contributed by atoms with E-state index in [1.54, 1.807) is 0 Å². The van der Waals surface area contributed by atoms with E-state index >= 15 is 0 Å². The maximum atomic E-state index is 5.66. The van der Waals surface area contributed by atoms with E-state index in [1.807, 2.05) is 13.1 Å². The van der Waals surface area contributed by atoms with Gasteiger partial charge in [0.15, 0.2) is 0 Å². The summed E-state index contributed by atoms with van der Waals surface area (Å²) in [5.41, 5.74) is 1.20. The Balaban J connectivity index is 2.11. The minimum absolute atomic E-state index is 0.361. The second-order valence-electron chi connectivity index (χ2n) is 4.64. The smallest absolute Gasteiger partial charge is 0.135 e. The van der Waals surface area contributed by atoms with Gasteiger partial charge in [0, 0.05) is 32.0 Å². The fraction of sp³-hybridized carbons (Fsp3) is 0.692. The molecule has 1 atom stereocenters. The zero-order valence-corrected chi connectivity index (χ0v) is 10.9. The molecular weight excluding hydrogens is 214 g/mol. The minimum atomic E-state index is 0.361. The molecular formula is C13H21N3O. The standard InChI is InChI=1S/C13H21N3O/c1-4-11-8-14-10(2)15-13(11)16(3)9-12-6-5-7-17-12/h8,12H,4-7,9H2,1-3H3. The molecule has 1 aromatic rings. The van der Waals surface area contributed by atoms with Gasteiger partial charge in [-0.15, -0.1) is 0 Å². The number of ether oxygens (including phenoxy) is 1. The van der Waals surface area contributed by atoms with Gasteiger partial charge < -0.3 is 9.64 Å². The number of hydrogen-bond donors (Lipinski definition) is 0. The van der Waals surface area contributed by atoms with E-state index in [1.165, 1.54) is 12.0 Å². The average molecular weight is 235 g/mol. The summed E-state index contributed by atoms with van der Waals surface area (Å²) in [5, 5.41) is 0. The predicted octanol–water partition coefficient (Wildman–Crippen LogP) is 1.96. The van der Waals surface area contributed by atoms with Crippen molar-refractivity contribution in [1.29, 1.82) is 0 Å². The zero-order chi connectivity index (χ0) is 12.3. The van der Waals surface area contributed by atoms with Gasteiger partial charge in [-0.05, 0) is 26.2 Å². The normalized spacial score (nSPS) is 19.6. The van der Waals surface area contributed by atoms with Crippen LogP contribution in [0.15, 0.2) is 6.20 Å². The first-order chi connectivity index (χ1) is 8.20. The number of aromatic nitrogens is 2. The van der Waals surface area contributed by atoms with Gasteiger partial charge in [0.2, 0.25) is 0 Å². The van der Waals surface area contributed by atoms with E-state index in [4.69, 9.17) is 4.74 Å². The van der Waals surface area contributed by atoms with Crippen molar-refractivity contribution in [3.8, 4) is 0 Å². The van der Waals surface area contributed by atoms with Crippen molar-refractivity contribution in [1.82, 2.24) is 9.97 Å². The Hall–Kier alpha value is -1.16. The van der Waals surface area contributed by atoms with Gasteiger partial charge in [-0.2, -0.15) is 0 Å². The van der Waals surface area contributed by atoms with Crippen LogP contribution in [0.1, 0.15) is 31.2 Å². The molecule has 0 spiro atoms. The molecule has 1 saturated heterocycles. The number of nitrogens with zero attached hydrogens (tertiary/aromatic N) is 3. The largest absolute Gasteiger partial charge is 0.376 e. The highest BCUT2D eigenvalue weighted by atomic mass is 16.5. The van der Waals surface area contributed by atoms with E-state index in [0.29, 0.717) is 6.10 Å². The monoisotopic (exact) mass is 235 g/mol. The third-order valence-corrected chi connectivity index (χ3v) is 3.21. The van der Waals surface area contributed by atoms with Crippen molar-refractivity contribution < 1.29 is 4.74 Å². The highest BCUT2D eigenvalue weighted by Gasteiger charge is 2.19. The molecule has 0 aromatic carbocycles. The Labute approximate surface area is 103 Å². The molecule has 94 valence electrons. The Kier molecular flexibility index (Phi) is 3.94. The molecule has 0 radical (unpaired) electrons. The Morgan fingerprint density at radius 3 is 3.00 bits per heavy atom. The summed E-state index contributed by atoms with van der Waals surface area (Å²) < 4.78 is 5.66. The SMILES string of the molecule is CCc1cnc(C)nc1N(C)CC1CCCO1. The molecule has 1 aliphatic heterocycles. The third-order valence-electron chi connectivity index (χ3n) is 3.21. The van der Waals surface area contributed by atoms with Crippen LogP contribution >= 0.6 is 0 Å². The molecule has 0 saturated carbocycles. The van der Waals surface area contributed by atoms with Crippen molar-refractivity contribution in [3.63, 3.8) is 0 Å². The summed E-state index contributed by atoms with van der Waals surface area (Å²) in [6.45, 7) is 5.89. The van der Waals surface area contributed by atoms with Crippen molar-refractivity contribution in [3.05, 3.63) is 17.6 Å². The average Bonchev–Trinajstić information content (AvgIpc) is 2.81. The molecule has 1 unspecified atom stereocenters. The Morgan fingerprint density at radius 2 is 2.35 bits per heavy atom. The lowest BCUT2D eigenvalue weighted by Gasteiger charge is -2.23. The topological polar surface area (TPSA) is 38.2 Å². The van der Waals surface area contributed by atoms with Gasteiger partial charge in [0.05, 0.1) is 6.10 Å². The van der Waals surface area contributed by atoms with Gasteiger partial charge in [-0.3, -0.25) is 0 Å². The van der Waals surface area contributed by atoms with Gasteiger partial charge in [0.1, 0.15) is 11.6 Å². The molecule has 4 nitrogen and oxygen atoms in total. The molecule has 0 amide bonds. The molecule has 4 heteroatoms. The van der Waals surface area contributed by atoms with Crippen molar-refractivity contribution >= 4 is 5.82 Å². The first-order valence-electron chi connectivity index (χ1n) is 6.36. The van der Waals surface area contributed by atoms with Crippen LogP contribution in [-0.4, -0.2) is 36.3 Å². The predicted molar refractivity (Wildman–Crippen MR) is 68.4 cm³/mol. The van der Waals surface area contributed by atoms with Crippen molar-refractivity contribution in [2.45, 2.75) is 39.2 Å². The highest BCUT2D eigenvalue weighted by molar-refractivity contribution is 5.45. The Morgan fingerprint density at radius 1 is 1.53 bits per heavy atom. The second kappa shape index (κ2) is 5.45. The van der Waals surface area contributed by atoms with Gasteiger partial charge in [-0.25, -0.2) is 9.97 Å². The fourth-order valence-corrected chi connectivity index (χ4v) is 2.24. The van der Waals surface area contributed by atoms with E-state index in [-0.39, 0.29) is 0 Å². The fourth-order valence-electron chi connectivity index (χ4n) is 2.24. The van der Waals surface area contributed by atoms with Gasteiger partial charge in [-0.1, -0.05) is 6.92 Å². The quantitative estimate of drug-likeness (QED) is 0.799. The molecule has 2 rings (SSSR count). The van der Waals surface area contributed by atoms with Crippen molar-refractivity contribution in [2.75, 3.05) is 25.1 Å². The van der Waals surface area contributed by atoms with Gasteiger partial charge >= 0.3 is 0 Å². The van der Waals surface area contributed by atoms with E-state index in [2.05, 4.69) is 28.8 Å². The summed E-state index contributed by atoms with van der Waals surface area (Å²) >= 11 is 0. The van der Waals surface area contributed by atoms with Crippen molar-refractivity contribution in [2.24, 2.45) is 0 Å². The number of anilines is 1. The van der Waals surface area contributed by atoms with Crippen LogP contribution < -0.4 is 4.90 Å². The molecule has 0 bridgehead atoms. The maximum absolute atomic E-state index is 5.66. The van der Waals surface area contributed by atoms with Crippen LogP contribution in [0.4, 0.5) is 5.82 Å². The molecule has 1 aliphatic rings.